The lowest BCUT2D eigenvalue weighted by Crippen LogP contribution is -2.29. The number of rotatable bonds is 5. The predicted octanol–water partition coefficient (Wildman–Crippen LogP) is 4.94. The van der Waals surface area contributed by atoms with Gasteiger partial charge in [0.1, 0.15) is 12.4 Å². The lowest BCUT2D eigenvalue weighted by molar-refractivity contribution is -0.117. The minimum absolute atomic E-state index is 0.0427. The molecule has 2 aliphatic rings. The summed E-state index contributed by atoms with van der Waals surface area (Å²) in [5.74, 6) is 1.15. The third-order valence-electron chi connectivity index (χ3n) is 5.21. The first-order chi connectivity index (χ1) is 11.2. The second kappa shape index (κ2) is 9.09. The molecule has 0 aliphatic heterocycles. The summed E-state index contributed by atoms with van der Waals surface area (Å²) in [5, 5.41) is 14.5. The van der Waals surface area contributed by atoms with Crippen LogP contribution in [0.25, 0.3) is 0 Å². The number of allylic oxidation sites excluding steroid dienone is 2. The average Bonchev–Trinajstić information content (AvgIpc) is 2.49. The molecule has 0 aromatic carbocycles. The number of hydrogen-bond donors (Lipinski definition) is 1. The number of aliphatic hydroxyl groups excluding tert-OH is 1. The van der Waals surface area contributed by atoms with E-state index in [4.69, 9.17) is 4.84 Å². The molecule has 2 aliphatic carbocycles. The largest absolute Gasteiger partial charge is 0.511 e. The summed E-state index contributed by atoms with van der Waals surface area (Å²) in [7, 11) is 0. The van der Waals surface area contributed by atoms with Crippen LogP contribution in [0.3, 0.4) is 0 Å². The van der Waals surface area contributed by atoms with Crippen molar-refractivity contribution in [3.8, 4) is 0 Å². The topological polar surface area (TPSA) is 58.9 Å². The molecule has 0 spiro atoms. The Hall–Kier alpha value is -1.32. The van der Waals surface area contributed by atoms with Crippen molar-refractivity contribution in [3.05, 3.63) is 11.3 Å². The van der Waals surface area contributed by atoms with Crippen molar-refractivity contribution in [2.75, 3.05) is 6.61 Å². The van der Waals surface area contributed by atoms with Crippen molar-refractivity contribution in [3.63, 3.8) is 0 Å². The van der Waals surface area contributed by atoms with E-state index in [0.29, 0.717) is 49.0 Å². The number of ketones is 1. The molecule has 1 fully saturated rings. The minimum atomic E-state index is 0.0427. The number of aliphatic hydroxyl groups is 1. The first-order valence-electron chi connectivity index (χ1n) is 9.31. The molecule has 0 aromatic heterocycles. The zero-order valence-corrected chi connectivity index (χ0v) is 14.6. The second-order valence-electron chi connectivity index (χ2n) is 6.83. The molecule has 4 nitrogen and oxygen atoms in total. The molecule has 1 N–H and O–H groups in total. The van der Waals surface area contributed by atoms with Gasteiger partial charge in [-0.3, -0.25) is 4.79 Å². The molecule has 1 atom stereocenters. The van der Waals surface area contributed by atoms with Crippen molar-refractivity contribution in [2.24, 2.45) is 17.0 Å². The third kappa shape index (κ3) is 4.82. The fourth-order valence-corrected chi connectivity index (χ4v) is 3.97. The van der Waals surface area contributed by atoms with E-state index in [0.717, 1.165) is 0 Å². The first kappa shape index (κ1) is 18.0. The second-order valence-corrected chi connectivity index (χ2v) is 6.83. The molecule has 0 bridgehead atoms. The molecule has 0 amide bonds. The van der Waals surface area contributed by atoms with Gasteiger partial charge in [-0.05, 0) is 25.2 Å². The number of hydrogen-bond acceptors (Lipinski definition) is 4. The number of carbonyl (C=O) groups is 1. The molecular formula is C19H31NO3. The van der Waals surface area contributed by atoms with Crippen molar-refractivity contribution in [1.82, 2.24) is 0 Å². The van der Waals surface area contributed by atoms with E-state index < -0.39 is 0 Å². The number of Topliss-reactive ketones (excluding diaryl/α,β-unsaturated/α-hetero) is 1. The Morgan fingerprint density at radius 1 is 1.09 bits per heavy atom. The van der Waals surface area contributed by atoms with Crippen LogP contribution in [0.5, 0.6) is 0 Å². The summed E-state index contributed by atoms with van der Waals surface area (Å²) < 4.78 is 0. The van der Waals surface area contributed by atoms with E-state index >= 15 is 0 Å². The molecule has 0 radical (unpaired) electrons. The Morgan fingerprint density at radius 3 is 2.30 bits per heavy atom. The number of carbonyl (C=O) groups excluding carboxylic acids is 1. The summed E-state index contributed by atoms with van der Waals surface area (Å²) >= 11 is 0. The molecule has 0 aromatic rings. The molecule has 23 heavy (non-hydrogen) atoms. The standard InChI is InChI=1S/C19H31NO3/c1-3-16(20-23-4-2)19-17(21)12-15(13-18(19)22)14-10-8-6-5-7-9-11-14/h14-15,21H,3-13H2,1-2H3. The maximum absolute atomic E-state index is 12.6. The molecule has 1 unspecified atom stereocenters. The van der Waals surface area contributed by atoms with Crippen LogP contribution in [0.1, 0.15) is 78.1 Å². The highest BCUT2D eigenvalue weighted by Gasteiger charge is 2.34. The minimum Gasteiger partial charge on any atom is -0.511 e. The number of nitrogens with zero attached hydrogens (tertiary/aromatic N) is 1. The van der Waals surface area contributed by atoms with Crippen LogP contribution in [0.4, 0.5) is 0 Å². The Labute approximate surface area is 140 Å². The van der Waals surface area contributed by atoms with Gasteiger partial charge >= 0.3 is 0 Å². The van der Waals surface area contributed by atoms with Gasteiger partial charge in [-0.2, -0.15) is 0 Å². The van der Waals surface area contributed by atoms with Crippen LogP contribution >= 0.6 is 0 Å². The highest BCUT2D eigenvalue weighted by atomic mass is 16.6. The summed E-state index contributed by atoms with van der Waals surface area (Å²) in [6.45, 7) is 4.26. The Bertz CT molecular complexity index is 459. The monoisotopic (exact) mass is 321 g/mol. The zero-order chi connectivity index (χ0) is 16.7. The smallest absolute Gasteiger partial charge is 0.168 e. The zero-order valence-electron chi connectivity index (χ0n) is 14.6. The van der Waals surface area contributed by atoms with Crippen LogP contribution in [0, 0.1) is 11.8 Å². The molecular weight excluding hydrogens is 290 g/mol. The van der Waals surface area contributed by atoms with Crippen molar-refractivity contribution < 1.29 is 14.7 Å². The fourth-order valence-electron chi connectivity index (χ4n) is 3.97. The van der Waals surface area contributed by atoms with E-state index in [-0.39, 0.29) is 11.5 Å². The van der Waals surface area contributed by atoms with Gasteiger partial charge in [0.25, 0.3) is 0 Å². The Morgan fingerprint density at radius 2 is 1.74 bits per heavy atom. The van der Waals surface area contributed by atoms with E-state index in [2.05, 4.69) is 5.16 Å². The van der Waals surface area contributed by atoms with Crippen LogP contribution in [0.2, 0.25) is 0 Å². The predicted molar refractivity (Wildman–Crippen MR) is 92.5 cm³/mol. The van der Waals surface area contributed by atoms with Crippen molar-refractivity contribution in [1.29, 1.82) is 0 Å². The van der Waals surface area contributed by atoms with Crippen LogP contribution in [0.15, 0.2) is 16.5 Å². The Balaban J connectivity index is 2.11. The van der Waals surface area contributed by atoms with E-state index in [1.807, 2.05) is 13.8 Å². The average molecular weight is 321 g/mol. The third-order valence-corrected chi connectivity index (χ3v) is 5.21. The highest BCUT2D eigenvalue weighted by molar-refractivity contribution is 6.22. The quantitative estimate of drug-likeness (QED) is 0.576. The van der Waals surface area contributed by atoms with Crippen molar-refractivity contribution in [2.45, 2.75) is 78.1 Å². The molecule has 130 valence electrons. The highest BCUT2D eigenvalue weighted by Crippen LogP contribution is 2.38. The first-order valence-corrected chi connectivity index (χ1v) is 9.31. The van der Waals surface area contributed by atoms with Crippen molar-refractivity contribution >= 4 is 11.5 Å². The van der Waals surface area contributed by atoms with Crippen LogP contribution in [-0.2, 0) is 9.63 Å². The van der Waals surface area contributed by atoms with E-state index in [1.165, 1.54) is 44.9 Å². The maximum Gasteiger partial charge on any atom is 0.168 e. The van der Waals surface area contributed by atoms with E-state index in [1.54, 1.807) is 0 Å². The fraction of sp³-hybridized carbons (Fsp3) is 0.789. The van der Waals surface area contributed by atoms with Gasteiger partial charge in [-0.15, -0.1) is 0 Å². The van der Waals surface area contributed by atoms with E-state index in [9.17, 15) is 9.90 Å². The molecule has 4 heteroatoms. The van der Waals surface area contributed by atoms with Gasteiger partial charge in [-0.25, -0.2) is 0 Å². The number of oxime groups is 1. The molecule has 1 saturated carbocycles. The van der Waals surface area contributed by atoms with Gasteiger partial charge in [0.2, 0.25) is 0 Å². The summed E-state index contributed by atoms with van der Waals surface area (Å²) in [6.07, 6.45) is 10.7. The van der Waals surface area contributed by atoms with Gasteiger partial charge < -0.3 is 9.94 Å². The summed E-state index contributed by atoms with van der Waals surface area (Å²) in [4.78, 5) is 17.7. The van der Waals surface area contributed by atoms with Gasteiger partial charge in [0.05, 0.1) is 11.3 Å². The molecule has 0 saturated heterocycles. The molecule has 2 rings (SSSR count). The maximum atomic E-state index is 12.6. The molecule has 0 heterocycles. The summed E-state index contributed by atoms with van der Waals surface area (Å²) in [6, 6.07) is 0. The van der Waals surface area contributed by atoms with Gasteiger partial charge in [0.15, 0.2) is 5.78 Å². The van der Waals surface area contributed by atoms with Gasteiger partial charge in [-0.1, -0.05) is 57.0 Å². The summed E-state index contributed by atoms with van der Waals surface area (Å²) in [5.41, 5.74) is 1.01. The lowest BCUT2D eigenvalue weighted by Gasteiger charge is -2.31. The normalized spacial score (nSPS) is 25.2. The van der Waals surface area contributed by atoms with Crippen LogP contribution in [-0.4, -0.2) is 23.2 Å². The SMILES string of the molecule is CCON=C(CC)C1=C(O)CC(C2CCCCCCC2)CC1=O. The Kier molecular flexibility index (Phi) is 7.13. The lowest BCUT2D eigenvalue weighted by atomic mass is 9.73. The van der Waals surface area contributed by atoms with Crippen LogP contribution < -0.4 is 0 Å². The van der Waals surface area contributed by atoms with Gasteiger partial charge in [0, 0.05) is 12.8 Å².